The van der Waals surface area contributed by atoms with Crippen LogP contribution in [0.1, 0.15) is 15.9 Å². The highest BCUT2D eigenvalue weighted by atomic mass is 19.1. The third-order valence-corrected chi connectivity index (χ3v) is 3.34. The fourth-order valence-corrected chi connectivity index (χ4v) is 2.11. The second-order valence-electron chi connectivity index (χ2n) is 5.08. The van der Waals surface area contributed by atoms with E-state index in [0.717, 1.165) is 5.56 Å². The van der Waals surface area contributed by atoms with Gasteiger partial charge in [0.2, 0.25) is 0 Å². The Morgan fingerprint density at radius 2 is 1.54 bits per heavy atom. The highest BCUT2D eigenvalue weighted by Crippen LogP contribution is 2.11. The minimum atomic E-state index is -0.580. The van der Waals surface area contributed by atoms with E-state index >= 15 is 0 Å². The van der Waals surface area contributed by atoms with Crippen LogP contribution in [0.4, 0.5) is 16.0 Å². The van der Waals surface area contributed by atoms with E-state index in [1.807, 2.05) is 30.3 Å². The molecule has 2 N–H and O–H groups in total. The Labute approximate surface area is 138 Å². The number of amides is 1. The molecule has 0 saturated heterocycles. The average Bonchev–Trinajstić information content (AvgIpc) is 2.62. The lowest BCUT2D eigenvalue weighted by molar-refractivity contribution is 0.102. The van der Waals surface area contributed by atoms with Crippen LogP contribution in [-0.2, 0) is 6.54 Å². The Bertz CT molecular complexity index is 822. The molecule has 6 heteroatoms. The number of rotatable bonds is 5. The molecular weight excluding hydrogens is 307 g/mol. The molecule has 120 valence electrons. The second kappa shape index (κ2) is 7.32. The van der Waals surface area contributed by atoms with Crippen LogP contribution in [-0.4, -0.2) is 16.1 Å². The van der Waals surface area contributed by atoms with Gasteiger partial charge >= 0.3 is 0 Å². The Kier molecular flexibility index (Phi) is 4.76. The first-order valence-electron chi connectivity index (χ1n) is 7.40. The van der Waals surface area contributed by atoms with Gasteiger partial charge in [-0.2, -0.15) is 0 Å². The minimum absolute atomic E-state index is 0.0365. The van der Waals surface area contributed by atoms with Gasteiger partial charge in [0.25, 0.3) is 5.91 Å². The number of hydrogen-bond acceptors (Lipinski definition) is 4. The second-order valence-corrected chi connectivity index (χ2v) is 5.08. The van der Waals surface area contributed by atoms with E-state index in [1.54, 1.807) is 18.2 Å². The largest absolute Gasteiger partial charge is 0.365 e. The van der Waals surface area contributed by atoms with Gasteiger partial charge in [-0.25, -0.2) is 4.39 Å². The fourth-order valence-electron chi connectivity index (χ4n) is 2.11. The lowest BCUT2D eigenvalue weighted by atomic mass is 10.2. The standard InChI is InChI=1S/C18H15FN4O/c19-15-9-5-4-8-14(15)18(24)21-17-11-10-16(22-23-17)20-12-13-6-2-1-3-7-13/h1-11H,12H2,(H,20,22)(H,21,23,24). The molecule has 1 aromatic heterocycles. The Hall–Kier alpha value is -3.28. The number of benzene rings is 2. The lowest BCUT2D eigenvalue weighted by Gasteiger charge is -2.07. The van der Waals surface area contributed by atoms with Crippen LogP contribution in [0.5, 0.6) is 0 Å². The van der Waals surface area contributed by atoms with Crippen molar-refractivity contribution >= 4 is 17.5 Å². The summed E-state index contributed by atoms with van der Waals surface area (Å²) in [5.74, 6) is -0.298. The van der Waals surface area contributed by atoms with E-state index < -0.39 is 11.7 Å². The van der Waals surface area contributed by atoms with E-state index in [4.69, 9.17) is 0 Å². The minimum Gasteiger partial charge on any atom is -0.365 e. The number of aromatic nitrogens is 2. The van der Waals surface area contributed by atoms with Gasteiger partial charge in [0.15, 0.2) is 5.82 Å². The molecule has 0 fully saturated rings. The monoisotopic (exact) mass is 322 g/mol. The maximum Gasteiger partial charge on any atom is 0.259 e. The molecule has 0 radical (unpaired) electrons. The number of hydrogen-bond donors (Lipinski definition) is 2. The molecular formula is C18H15FN4O. The molecule has 24 heavy (non-hydrogen) atoms. The first kappa shape index (κ1) is 15.6. The number of nitrogens with one attached hydrogen (secondary N) is 2. The summed E-state index contributed by atoms with van der Waals surface area (Å²) >= 11 is 0. The van der Waals surface area contributed by atoms with Gasteiger partial charge in [0, 0.05) is 6.54 Å². The maximum absolute atomic E-state index is 13.6. The van der Waals surface area contributed by atoms with Crippen molar-refractivity contribution in [1.82, 2.24) is 10.2 Å². The number of halogens is 1. The lowest BCUT2D eigenvalue weighted by Crippen LogP contribution is -2.15. The van der Waals surface area contributed by atoms with Crippen LogP contribution in [0.15, 0.2) is 66.7 Å². The van der Waals surface area contributed by atoms with E-state index in [1.165, 1.54) is 18.2 Å². The van der Waals surface area contributed by atoms with Crippen LogP contribution in [0, 0.1) is 5.82 Å². The zero-order valence-electron chi connectivity index (χ0n) is 12.7. The number of nitrogens with zero attached hydrogens (tertiary/aromatic N) is 2. The van der Waals surface area contributed by atoms with E-state index in [0.29, 0.717) is 12.4 Å². The van der Waals surface area contributed by atoms with Crippen molar-refractivity contribution in [2.45, 2.75) is 6.54 Å². The zero-order valence-corrected chi connectivity index (χ0v) is 12.7. The highest BCUT2D eigenvalue weighted by Gasteiger charge is 2.11. The van der Waals surface area contributed by atoms with Gasteiger partial charge in [-0.3, -0.25) is 4.79 Å². The summed E-state index contributed by atoms with van der Waals surface area (Å²) < 4.78 is 13.6. The molecule has 1 heterocycles. The average molecular weight is 322 g/mol. The Morgan fingerprint density at radius 1 is 0.875 bits per heavy atom. The van der Waals surface area contributed by atoms with Crippen molar-refractivity contribution in [2.75, 3.05) is 10.6 Å². The van der Waals surface area contributed by atoms with Crippen LogP contribution in [0.2, 0.25) is 0 Å². The summed E-state index contributed by atoms with van der Waals surface area (Å²) in [6, 6.07) is 19.0. The van der Waals surface area contributed by atoms with Crippen molar-refractivity contribution in [3.63, 3.8) is 0 Å². The summed E-state index contributed by atoms with van der Waals surface area (Å²) in [6.45, 7) is 0.621. The normalized spacial score (nSPS) is 10.2. The van der Waals surface area contributed by atoms with Gasteiger partial charge < -0.3 is 10.6 Å². The quantitative estimate of drug-likeness (QED) is 0.755. The molecule has 5 nitrogen and oxygen atoms in total. The van der Waals surface area contributed by atoms with Crippen LogP contribution >= 0.6 is 0 Å². The summed E-state index contributed by atoms with van der Waals surface area (Å²) in [7, 11) is 0. The van der Waals surface area contributed by atoms with E-state index in [2.05, 4.69) is 20.8 Å². The van der Waals surface area contributed by atoms with Crippen molar-refractivity contribution in [2.24, 2.45) is 0 Å². The van der Waals surface area contributed by atoms with E-state index in [9.17, 15) is 9.18 Å². The summed E-state index contributed by atoms with van der Waals surface area (Å²) in [5, 5.41) is 13.6. The number of carbonyl (C=O) groups is 1. The molecule has 3 aromatic rings. The summed E-state index contributed by atoms with van der Waals surface area (Å²) in [4.78, 5) is 12.0. The maximum atomic E-state index is 13.6. The van der Waals surface area contributed by atoms with Gasteiger partial charge in [-0.15, -0.1) is 10.2 Å². The third kappa shape index (κ3) is 3.92. The molecule has 0 spiro atoms. The van der Waals surface area contributed by atoms with Crippen LogP contribution < -0.4 is 10.6 Å². The summed E-state index contributed by atoms with van der Waals surface area (Å²) in [5.41, 5.74) is 1.09. The van der Waals surface area contributed by atoms with Gasteiger partial charge in [-0.1, -0.05) is 42.5 Å². The van der Waals surface area contributed by atoms with E-state index in [-0.39, 0.29) is 11.4 Å². The smallest absolute Gasteiger partial charge is 0.259 e. The zero-order chi connectivity index (χ0) is 16.8. The molecule has 0 aliphatic carbocycles. The van der Waals surface area contributed by atoms with Crippen LogP contribution in [0.25, 0.3) is 0 Å². The predicted molar refractivity (Wildman–Crippen MR) is 90.2 cm³/mol. The molecule has 0 aliphatic heterocycles. The Balaban J connectivity index is 1.60. The fraction of sp³-hybridized carbons (Fsp3) is 0.0556. The topological polar surface area (TPSA) is 66.9 Å². The highest BCUT2D eigenvalue weighted by molar-refractivity contribution is 6.03. The third-order valence-electron chi connectivity index (χ3n) is 3.34. The number of anilines is 2. The van der Waals surface area contributed by atoms with Crippen molar-refractivity contribution in [3.05, 3.63) is 83.7 Å². The van der Waals surface area contributed by atoms with Crippen molar-refractivity contribution in [3.8, 4) is 0 Å². The van der Waals surface area contributed by atoms with Gasteiger partial charge in [-0.05, 0) is 29.8 Å². The molecule has 0 bridgehead atoms. The molecule has 0 aliphatic rings. The summed E-state index contributed by atoms with van der Waals surface area (Å²) in [6.07, 6.45) is 0. The SMILES string of the molecule is O=C(Nc1ccc(NCc2ccccc2)nn1)c1ccccc1F. The first-order valence-corrected chi connectivity index (χ1v) is 7.40. The van der Waals surface area contributed by atoms with Crippen molar-refractivity contribution in [1.29, 1.82) is 0 Å². The van der Waals surface area contributed by atoms with Gasteiger partial charge in [0.05, 0.1) is 5.56 Å². The molecule has 0 saturated carbocycles. The molecule has 1 amide bonds. The molecule has 3 rings (SSSR count). The first-order chi connectivity index (χ1) is 11.7. The predicted octanol–water partition coefficient (Wildman–Crippen LogP) is 3.48. The Morgan fingerprint density at radius 3 is 2.25 bits per heavy atom. The van der Waals surface area contributed by atoms with Crippen molar-refractivity contribution < 1.29 is 9.18 Å². The van der Waals surface area contributed by atoms with Gasteiger partial charge in [0.1, 0.15) is 11.6 Å². The number of carbonyl (C=O) groups excluding carboxylic acids is 1. The molecule has 2 aromatic carbocycles. The van der Waals surface area contributed by atoms with Crippen LogP contribution in [0.3, 0.4) is 0 Å². The molecule has 0 unspecified atom stereocenters. The molecule has 0 atom stereocenters.